The van der Waals surface area contributed by atoms with E-state index in [9.17, 15) is 4.79 Å². The number of esters is 1. The maximum Gasteiger partial charge on any atom is 0.330 e. The molecule has 2 aliphatic rings. The van der Waals surface area contributed by atoms with Gasteiger partial charge in [-0.2, -0.15) is 0 Å². The van der Waals surface area contributed by atoms with Crippen LogP contribution in [0.15, 0.2) is 35.5 Å². The molecule has 1 unspecified atom stereocenters. The first-order valence-electron chi connectivity index (χ1n) is 13.9. The van der Waals surface area contributed by atoms with Crippen LogP contribution in [-0.4, -0.2) is 58.7 Å². The topological polar surface area (TPSA) is 63.2 Å². The number of carbonyl (C=O) groups excluding carboxylic acids is 1. The molecule has 4 atom stereocenters. The van der Waals surface area contributed by atoms with Crippen LogP contribution < -0.4 is 0 Å². The molecule has 0 saturated carbocycles. The van der Waals surface area contributed by atoms with Crippen molar-refractivity contribution >= 4 is 14.3 Å². The molecule has 0 spiro atoms. The molecule has 0 bridgehead atoms. The Kier molecular flexibility index (Phi) is 13.1. The van der Waals surface area contributed by atoms with Gasteiger partial charge < -0.3 is 23.4 Å². The smallest absolute Gasteiger partial charge is 0.330 e. The molecule has 0 amide bonds. The van der Waals surface area contributed by atoms with Crippen LogP contribution in [0.5, 0.6) is 0 Å². The molecule has 0 aromatic carbocycles. The van der Waals surface area contributed by atoms with Crippen molar-refractivity contribution in [2.75, 3.05) is 20.3 Å². The molecule has 1 saturated heterocycles. The van der Waals surface area contributed by atoms with Crippen LogP contribution in [-0.2, 0) is 28.2 Å². The fourth-order valence-electron chi connectivity index (χ4n) is 5.11. The monoisotopic (exact) mass is 522 g/mol. The normalized spacial score (nSPS) is 30.2. The second kappa shape index (κ2) is 15.2. The minimum Gasteiger partial charge on any atom is -0.466 e. The van der Waals surface area contributed by atoms with Gasteiger partial charge in [-0.1, -0.05) is 38.5 Å². The predicted molar refractivity (Wildman–Crippen MR) is 147 cm³/mol. The van der Waals surface area contributed by atoms with Gasteiger partial charge in [0.2, 0.25) is 0 Å². The highest BCUT2D eigenvalue weighted by Crippen LogP contribution is 2.37. The number of rotatable bonds is 11. The van der Waals surface area contributed by atoms with Gasteiger partial charge >= 0.3 is 5.97 Å². The zero-order valence-corrected chi connectivity index (χ0v) is 24.8. The van der Waals surface area contributed by atoms with E-state index in [2.05, 4.69) is 53.7 Å². The minimum absolute atomic E-state index is 0.118. The molecule has 2 aliphatic heterocycles. The van der Waals surface area contributed by atoms with Crippen molar-refractivity contribution in [3.8, 4) is 0 Å². The van der Waals surface area contributed by atoms with E-state index in [0.717, 1.165) is 68.8 Å². The lowest BCUT2D eigenvalue weighted by molar-refractivity contribution is -0.157. The van der Waals surface area contributed by atoms with Crippen LogP contribution in [0.1, 0.15) is 80.1 Å². The average Bonchev–Trinajstić information content (AvgIpc) is 2.93. The predicted octanol–water partition coefficient (Wildman–Crippen LogP) is 6.87. The quantitative estimate of drug-likeness (QED) is 0.128. The molecule has 2 rings (SSSR count). The Morgan fingerprint density at radius 3 is 2.56 bits per heavy atom. The van der Waals surface area contributed by atoms with Crippen molar-refractivity contribution in [1.29, 1.82) is 0 Å². The van der Waals surface area contributed by atoms with Crippen molar-refractivity contribution < 1.29 is 28.2 Å². The van der Waals surface area contributed by atoms with Gasteiger partial charge in [0.15, 0.2) is 14.6 Å². The highest BCUT2D eigenvalue weighted by atomic mass is 28.4. The molecular formula is C29H50O6Si. The van der Waals surface area contributed by atoms with Gasteiger partial charge in [-0.05, 0) is 89.1 Å². The molecule has 0 aromatic rings. The Balaban J connectivity index is 2.33. The molecule has 7 heteroatoms. The van der Waals surface area contributed by atoms with E-state index in [1.807, 2.05) is 6.08 Å². The van der Waals surface area contributed by atoms with Crippen molar-refractivity contribution in [3.63, 3.8) is 0 Å². The first-order valence-corrected chi connectivity index (χ1v) is 16.4. The Morgan fingerprint density at radius 1 is 1.22 bits per heavy atom. The first kappa shape index (κ1) is 31.0. The Hall–Kier alpha value is -1.25. The molecule has 6 nitrogen and oxygen atoms in total. The van der Waals surface area contributed by atoms with Gasteiger partial charge in [-0.15, -0.1) is 0 Å². The summed E-state index contributed by atoms with van der Waals surface area (Å²) in [5, 5.41) is 0. The summed E-state index contributed by atoms with van der Waals surface area (Å²) in [4.78, 5) is 12.0. The number of carbonyl (C=O) groups is 1. The average molecular weight is 523 g/mol. The third kappa shape index (κ3) is 9.56. The maximum absolute atomic E-state index is 12.0. The fourth-order valence-corrected chi connectivity index (χ4v) is 8.25. The number of allylic oxidation sites excluding steroid dienone is 1. The molecule has 1 fully saturated rings. The maximum atomic E-state index is 12.0. The summed E-state index contributed by atoms with van der Waals surface area (Å²) in [6, 6.07) is 3.17. The lowest BCUT2D eigenvalue weighted by atomic mass is 9.92. The Morgan fingerprint density at radius 2 is 1.94 bits per heavy atom. The Bertz CT molecular complexity index is 757. The molecule has 2 heterocycles. The standard InChI is InChI=1S/C29H50O6Si/c1-8-36(9-2,10-3)35-29(6)18-13-14-23(4)20-25(34-26(29)16-17-27(30)31-7)21-24(5)22-33-28-15-11-12-19-32-28/h14,16-17,21,25-26,28H,8-13,15,18-20,22H2,1-7H3/b17-16+,23-14-,24-21+/t25-,26-,28?,29-/m1/s1. The lowest BCUT2D eigenvalue weighted by Gasteiger charge is -2.44. The summed E-state index contributed by atoms with van der Waals surface area (Å²) in [5.74, 6) is -0.385. The third-order valence-corrected chi connectivity index (χ3v) is 12.4. The van der Waals surface area contributed by atoms with E-state index in [1.165, 1.54) is 18.8 Å². The summed E-state index contributed by atoms with van der Waals surface area (Å²) < 4.78 is 30.5. The minimum atomic E-state index is -1.94. The fraction of sp³-hybridized carbons (Fsp3) is 0.759. The van der Waals surface area contributed by atoms with Crippen LogP contribution in [0, 0.1) is 0 Å². The third-order valence-electron chi connectivity index (χ3n) is 7.68. The summed E-state index contributed by atoms with van der Waals surface area (Å²) in [7, 11) is -0.545. The number of hydrogen-bond donors (Lipinski definition) is 0. The number of methoxy groups -OCH3 is 1. The van der Waals surface area contributed by atoms with Crippen LogP contribution in [0.2, 0.25) is 18.1 Å². The van der Waals surface area contributed by atoms with E-state index in [1.54, 1.807) is 0 Å². The Labute approximate surface area is 220 Å². The molecular weight excluding hydrogens is 472 g/mol. The molecule has 0 N–H and O–H groups in total. The molecule has 0 aromatic heterocycles. The molecule has 36 heavy (non-hydrogen) atoms. The highest BCUT2D eigenvalue weighted by molar-refractivity contribution is 6.73. The summed E-state index contributed by atoms with van der Waals surface area (Å²) in [6.45, 7) is 14.4. The highest BCUT2D eigenvalue weighted by Gasteiger charge is 2.43. The van der Waals surface area contributed by atoms with Crippen LogP contribution >= 0.6 is 0 Å². The van der Waals surface area contributed by atoms with Crippen LogP contribution in [0.25, 0.3) is 0 Å². The van der Waals surface area contributed by atoms with Crippen LogP contribution in [0.3, 0.4) is 0 Å². The number of ether oxygens (including phenoxy) is 4. The van der Waals surface area contributed by atoms with Gasteiger partial charge in [-0.25, -0.2) is 4.79 Å². The summed E-state index contributed by atoms with van der Waals surface area (Å²) in [5.41, 5.74) is 1.86. The van der Waals surface area contributed by atoms with Crippen molar-refractivity contribution in [1.82, 2.24) is 0 Å². The van der Waals surface area contributed by atoms with Crippen molar-refractivity contribution in [2.24, 2.45) is 0 Å². The molecule has 206 valence electrons. The van der Waals surface area contributed by atoms with Gasteiger partial charge in [0.1, 0.15) is 6.10 Å². The van der Waals surface area contributed by atoms with E-state index in [0.29, 0.717) is 6.61 Å². The van der Waals surface area contributed by atoms with E-state index in [-0.39, 0.29) is 24.5 Å². The molecule has 0 aliphatic carbocycles. The van der Waals surface area contributed by atoms with E-state index in [4.69, 9.17) is 23.4 Å². The summed E-state index contributed by atoms with van der Waals surface area (Å²) in [6.07, 6.45) is 12.9. The van der Waals surface area contributed by atoms with E-state index < -0.39 is 13.9 Å². The largest absolute Gasteiger partial charge is 0.466 e. The molecule has 0 radical (unpaired) electrons. The zero-order chi connectivity index (χ0) is 26.6. The van der Waals surface area contributed by atoms with Gasteiger partial charge in [-0.3, -0.25) is 0 Å². The van der Waals surface area contributed by atoms with Gasteiger partial charge in [0.05, 0.1) is 25.4 Å². The van der Waals surface area contributed by atoms with Crippen LogP contribution in [0.4, 0.5) is 0 Å². The number of hydrogen-bond acceptors (Lipinski definition) is 6. The second-order valence-corrected chi connectivity index (χ2v) is 15.2. The zero-order valence-electron chi connectivity index (χ0n) is 23.8. The van der Waals surface area contributed by atoms with Crippen molar-refractivity contribution in [2.45, 2.75) is 122 Å². The van der Waals surface area contributed by atoms with Crippen molar-refractivity contribution in [3.05, 3.63) is 35.5 Å². The van der Waals surface area contributed by atoms with E-state index >= 15 is 0 Å². The first-order chi connectivity index (χ1) is 17.2. The lowest BCUT2D eigenvalue weighted by Crippen LogP contribution is -2.52. The van der Waals surface area contributed by atoms with Gasteiger partial charge in [0.25, 0.3) is 0 Å². The second-order valence-electron chi connectivity index (χ2n) is 10.5. The summed E-state index contributed by atoms with van der Waals surface area (Å²) >= 11 is 0. The SMILES string of the molecule is CC[Si](CC)(CC)O[C@]1(C)CC/C=C(/C)C[C@H](/C=C(\C)COC2CCCCO2)O[C@@H]1/C=C/C(=O)OC. The van der Waals surface area contributed by atoms with Gasteiger partial charge in [0, 0.05) is 12.7 Å².